The number of ketones is 1. The van der Waals surface area contributed by atoms with Gasteiger partial charge in [0.1, 0.15) is 12.2 Å². The van der Waals surface area contributed by atoms with Crippen molar-refractivity contribution in [2.45, 2.75) is 43.6 Å². The molecular formula is C13H16FNO7. The van der Waals surface area contributed by atoms with Crippen LogP contribution in [-0.4, -0.2) is 65.7 Å². The van der Waals surface area contributed by atoms with Crippen LogP contribution in [0.25, 0.3) is 0 Å². The number of alkyl halides is 1. The maximum absolute atomic E-state index is 14.8. The van der Waals surface area contributed by atoms with Gasteiger partial charge in [0.15, 0.2) is 18.1 Å². The van der Waals surface area contributed by atoms with E-state index < -0.39 is 42.8 Å². The molecule has 3 aliphatic heterocycles. The van der Waals surface area contributed by atoms with E-state index in [-0.39, 0.29) is 12.2 Å². The lowest BCUT2D eigenvalue weighted by atomic mass is 9.94. The first-order valence-corrected chi connectivity index (χ1v) is 6.70. The second-order valence-electron chi connectivity index (χ2n) is 5.52. The molecule has 1 unspecified atom stereocenters. The SMILES string of the molecule is COC1O[C@H]2[C@@](C)(O1)[C@H](N1C=CC(=O)CC1=O)O[C@]2(F)CO. The van der Waals surface area contributed by atoms with Crippen LogP contribution in [0.2, 0.25) is 0 Å². The molecule has 2 fully saturated rings. The summed E-state index contributed by atoms with van der Waals surface area (Å²) in [4.78, 5) is 24.4. The molecule has 9 heteroatoms. The van der Waals surface area contributed by atoms with Crippen LogP contribution >= 0.6 is 0 Å². The molecule has 122 valence electrons. The van der Waals surface area contributed by atoms with Crippen LogP contribution in [0, 0.1) is 0 Å². The van der Waals surface area contributed by atoms with Crippen molar-refractivity contribution in [3.05, 3.63) is 12.3 Å². The van der Waals surface area contributed by atoms with Crippen molar-refractivity contribution in [1.82, 2.24) is 4.90 Å². The number of ether oxygens (including phenoxy) is 4. The highest BCUT2D eigenvalue weighted by Gasteiger charge is 2.71. The molecule has 0 saturated carbocycles. The van der Waals surface area contributed by atoms with E-state index >= 15 is 0 Å². The number of nitrogens with zero attached hydrogens (tertiary/aromatic N) is 1. The van der Waals surface area contributed by atoms with Gasteiger partial charge in [-0.1, -0.05) is 0 Å². The summed E-state index contributed by atoms with van der Waals surface area (Å²) >= 11 is 0. The molecule has 0 radical (unpaired) electrons. The molecule has 1 N–H and O–H groups in total. The number of carbonyl (C=O) groups excluding carboxylic acids is 2. The fourth-order valence-corrected chi connectivity index (χ4v) is 2.94. The Morgan fingerprint density at radius 1 is 1.50 bits per heavy atom. The van der Waals surface area contributed by atoms with Gasteiger partial charge in [0.05, 0.1) is 6.42 Å². The molecule has 1 amide bonds. The number of hydrogen-bond donors (Lipinski definition) is 1. The van der Waals surface area contributed by atoms with Gasteiger partial charge < -0.3 is 24.1 Å². The van der Waals surface area contributed by atoms with E-state index in [4.69, 9.17) is 18.9 Å². The largest absolute Gasteiger partial charge is 0.390 e. The molecule has 0 bridgehead atoms. The van der Waals surface area contributed by atoms with Crippen molar-refractivity contribution in [2.24, 2.45) is 0 Å². The van der Waals surface area contributed by atoms with Crippen molar-refractivity contribution in [1.29, 1.82) is 0 Å². The molecule has 8 nitrogen and oxygen atoms in total. The van der Waals surface area contributed by atoms with Crippen LogP contribution in [0.3, 0.4) is 0 Å². The van der Waals surface area contributed by atoms with E-state index in [1.54, 1.807) is 0 Å². The number of amides is 1. The zero-order valence-electron chi connectivity index (χ0n) is 12.0. The Morgan fingerprint density at radius 3 is 2.82 bits per heavy atom. The lowest BCUT2D eigenvalue weighted by Crippen LogP contribution is -2.53. The van der Waals surface area contributed by atoms with Crippen molar-refractivity contribution in [3.8, 4) is 0 Å². The van der Waals surface area contributed by atoms with Crippen LogP contribution in [0.15, 0.2) is 12.3 Å². The standard InChI is InChI=1S/C13H16FNO7/c1-12-9(20-11(19-2)22-12)13(14,6-16)21-10(12)15-4-3-7(17)5-8(15)18/h3-4,9-11,16H,5-6H2,1-2H3/t9-,10+,11?,12+,13+/m0/s1. The maximum atomic E-state index is 14.8. The Morgan fingerprint density at radius 2 is 2.23 bits per heavy atom. The van der Waals surface area contributed by atoms with Gasteiger partial charge in [-0.05, 0) is 13.0 Å². The monoisotopic (exact) mass is 317 g/mol. The van der Waals surface area contributed by atoms with E-state index in [2.05, 4.69) is 0 Å². The Labute approximate surface area is 125 Å². The summed E-state index contributed by atoms with van der Waals surface area (Å²) in [5, 5.41) is 9.32. The van der Waals surface area contributed by atoms with Crippen LogP contribution in [0.1, 0.15) is 13.3 Å². The van der Waals surface area contributed by atoms with Crippen LogP contribution in [0.4, 0.5) is 4.39 Å². The minimum absolute atomic E-state index is 0.343. The van der Waals surface area contributed by atoms with Crippen molar-refractivity contribution < 1.29 is 38.0 Å². The molecule has 0 aliphatic carbocycles. The van der Waals surface area contributed by atoms with Gasteiger partial charge in [-0.15, -0.1) is 0 Å². The maximum Gasteiger partial charge on any atom is 0.272 e. The summed E-state index contributed by atoms with van der Waals surface area (Å²) < 4.78 is 35.7. The molecule has 3 aliphatic rings. The molecule has 0 aromatic carbocycles. The van der Waals surface area contributed by atoms with E-state index in [0.717, 1.165) is 4.90 Å². The van der Waals surface area contributed by atoms with Gasteiger partial charge in [-0.3, -0.25) is 14.5 Å². The number of rotatable bonds is 3. The minimum Gasteiger partial charge on any atom is -0.390 e. The van der Waals surface area contributed by atoms with Crippen molar-refractivity contribution >= 4 is 11.7 Å². The van der Waals surface area contributed by atoms with Gasteiger partial charge in [-0.2, -0.15) is 0 Å². The number of hydrogen-bond acceptors (Lipinski definition) is 7. The third-order valence-electron chi connectivity index (χ3n) is 4.00. The number of aliphatic hydroxyl groups excluding tert-OH is 1. The highest BCUT2D eigenvalue weighted by Crippen LogP contribution is 2.50. The average Bonchev–Trinajstić information content (AvgIpc) is 2.93. The Kier molecular flexibility index (Phi) is 3.57. The summed E-state index contributed by atoms with van der Waals surface area (Å²) in [5.41, 5.74) is -1.40. The number of carbonyl (C=O) groups is 2. The van der Waals surface area contributed by atoms with Crippen LogP contribution < -0.4 is 0 Å². The zero-order chi connectivity index (χ0) is 16.1. The predicted octanol–water partition coefficient (Wildman–Crippen LogP) is -0.580. The van der Waals surface area contributed by atoms with Gasteiger partial charge in [0.2, 0.25) is 5.91 Å². The van der Waals surface area contributed by atoms with Crippen LogP contribution in [0.5, 0.6) is 0 Å². The van der Waals surface area contributed by atoms with Gasteiger partial charge in [0, 0.05) is 13.3 Å². The van der Waals surface area contributed by atoms with E-state index in [1.807, 2.05) is 0 Å². The summed E-state index contributed by atoms with van der Waals surface area (Å²) in [5.74, 6) is -3.46. The third kappa shape index (κ3) is 2.09. The van der Waals surface area contributed by atoms with E-state index in [9.17, 15) is 19.1 Å². The number of fused-ring (bicyclic) bond motifs is 1. The normalized spacial score (nSPS) is 44.7. The van der Waals surface area contributed by atoms with Crippen LogP contribution in [-0.2, 0) is 28.5 Å². The quantitative estimate of drug-likeness (QED) is 0.696. The fraction of sp³-hybridized carbons (Fsp3) is 0.692. The molecular weight excluding hydrogens is 301 g/mol. The number of aliphatic hydroxyl groups is 1. The second-order valence-corrected chi connectivity index (χ2v) is 5.52. The Bertz CT molecular complexity index is 540. The molecule has 22 heavy (non-hydrogen) atoms. The highest BCUT2D eigenvalue weighted by atomic mass is 19.2. The van der Waals surface area contributed by atoms with E-state index in [0.29, 0.717) is 0 Å². The lowest BCUT2D eigenvalue weighted by molar-refractivity contribution is -0.301. The van der Waals surface area contributed by atoms with Gasteiger partial charge in [-0.25, -0.2) is 4.39 Å². The average molecular weight is 317 g/mol. The summed E-state index contributed by atoms with van der Waals surface area (Å²) in [6, 6.07) is 0. The third-order valence-corrected chi connectivity index (χ3v) is 4.00. The van der Waals surface area contributed by atoms with Gasteiger partial charge in [0.25, 0.3) is 12.3 Å². The van der Waals surface area contributed by atoms with Gasteiger partial charge >= 0.3 is 0 Å². The molecule has 2 saturated heterocycles. The first kappa shape index (κ1) is 15.5. The van der Waals surface area contributed by atoms with Crippen molar-refractivity contribution in [3.63, 3.8) is 0 Å². The lowest BCUT2D eigenvalue weighted by Gasteiger charge is -2.35. The predicted molar refractivity (Wildman–Crippen MR) is 66.6 cm³/mol. The topological polar surface area (TPSA) is 94.5 Å². The number of methoxy groups -OCH3 is 1. The molecule has 0 spiro atoms. The van der Waals surface area contributed by atoms with E-state index in [1.165, 1.54) is 26.3 Å². The first-order chi connectivity index (χ1) is 10.3. The van der Waals surface area contributed by atoms with Crippen molar-refractivity contribution in [2.75, 3.05) is 13.7 Å². The highest BCUT2D eigenvalue weighted by molar-refractivity contribution is 6.06. The summed E-state index contributed by atoms with van der Waals surface area (Å²) in [6.45, 7) is -0.627. The molecule has 3 heterocycles. The zero-order valence-corrected chi connectivity index (χ0v) is 12.0. The molecule has 5 atom stereocenters. The Hall–Kier alpha value is -1.39. The summed E-state index contributed by atoms with van der Waals surface area (Å²) in [6.07, 6.45) is -0.424. The molecule has 0 aromatic heterocycles. The fourth-order valence-electron chi connectivity index (χ4n) is 2.94. The Balaban J connectivity index is 1.96. The smallest absolute Gasteiger partial charge is 0.272 e. The number of halogens is 1. The molecule has 3 rings (SSSR count). The first-order valence-electron chi connectivity index (χ1n) is 6.70. The molecule has 0 aromatic rings. The number of allylic oxidation sites excluding steroid dienone is 1. The second kappa shape index (κ2) is 5.07. The summed E-state index contributed by atoms with van der Waals surface area (Å²) in [7, 11) is 1.31. The minimum atomic E-state index is -2.55.